The molecule has 0 heterocycles. The van der Waals surface area contributed by atoms with E-state index in [2.05, 4.69) is 3.10 Å². The van der Waals surface area contributed by atoms with Crippen LogP contribution in [-0.4, -0.2) is 28.7 Å². The van der Waals surface area contributed by atoms with Gasteiger partial charge in [-0.25, -0.2) is 0 Å². The van der Waals surface area contributed by atoms with Gasteiger partial charge >= 0.3 is 49.9 Å². The maximum absolute atomic E-state index is 9.97. The van der Waals surface area contributed by atoms with E-state index in [1.165, 1.54) is 0 Å². The molecule has 0 N–H and O–H groups in total. The van der Waals surface area contributed by atoms with Crippen LogP contribution in [0, 0.1) is 0 Å². The van der Waals surface area contributed by atoms with Gasteiger partial charge in [0.15, 0.2) is 0 Å². The van der Waals surface area contributed by atoms with Gasteiger partial charge in [0.1, 0.15) is 0 Å². The molecule has 0 bridgehead atoms. The van der Waals surface area contributed by atoms with Gasteiger partial charge in [0.05, 0.1) is 0 Å². The third-order valence-electron chi connectivity index (χ3n) is 0.390. The van der Waals surface area contributed by atoms with E-state index in [1.807, 2.05) is 0 Å². The molecular formula is C3H6O2Te. The second kappa shape index (κ2) is 3.45. The first-order chi connectivity index (χ1) is 2.81. The fourth-order valence-electron chi connectivity index (χ4n) is 0.0645. The molecule has 2 nitrogen and oxygen atoms in total. The minimum absolute atomic E-state index is 0.135. The van der Waals surface area contributed by atoms with E-state index in [-0.39, 0.29) is 5.97 Å². The van der Waals surface area contributed by atoms with Gasteiger partial charge in [-0.2, -0.15) is 0 Å². The van der Waals surface area contributed by atoms with Crippen molar-refractivity contribution in [2.45, 2.75) is 13.3 Å². The van der Waals surface area contributed by atoms with Crippen LogP contribution in [0.5, 0.6) is 0 Å². The van der Waals surface area contributed by atoms with Gasteiger partial charge in [0.25, 0.3) is 0 Å². The molecule has 36 valence electrons. The molecule has 0 aliphatic carbocycles. The Hall–Kier alpha value is 0.260. The number of hydrogen-bond acceptors (Lipinski definition) is 2. The molecule has 0 aromatic rings. The van der Waals surface area contributed by atoms with Crippen LogP contribution in [0.3, 0.4) is 0 Å². The summed E-state index contributed by atoms with van der Waals surface area (Å²) in [7, 11) is 0. The van der Waals surface area contributed by atoms with E-state index in [0.717, 1.165) is 22.7 Å². The molecule has 0 unspecified atom stereocenters. The van der Waals surface area contributed by atoms with Crippen LogP contribution in [0.4, 0.5) is 0 Å². The molecule has 3 heteroatoms. The van der Waals surface area contributed by atoms with Gasteiger partial charge in [-0.1, -0.05) is 0 Å². The average Bonchev–Trinajstić information content (AvgIpc) is 1.65. The van der Waals surface area contributed by atoms with Crippen LogP contribution in [0.1, 0.15) is 13.3 Å². The van der Waals surface area contributed by atoms with Crippen molar-refractivity contribution in [1.29, 1.82) is 0 Å². The van der Waals surface area contributed by atoms with Gasteiger partial charge in [-0.05, 0) is 0 Å². The minimum atomic E-state index is -0.135. The molecule has 0 amide bonds. The number of rotatable bonds is 1. The van der Waals surface area contributed by atoms with Crippen LogP contribution in [0.2, 0.25) is 0 Å². The van der Waals surface area contributed by atoms with Crippen molar-refractivity contribution in [3.05, 3.63) is 0 Å². The van der Waals surface area contributed by atoms with Crippen LogP contribution < -0.4 is 0 Å². The van der Waals surface area contributed by atoms with E-state index in [0.29, 0.717) is 6.42 Å². The van der Waals surface area contributed by atoms with Crippen LogP contribution in [0.15, 0.2) is 0 Å². The molecule has 0 rings (SSSR count). The Kier molecular flexibility index (Phi) is 3.60. The van der Waals surface area contributed by atoms with Gasteiger partial charge in [0.2, 0.25) is 0 Å². The Morgan fingerprint density at radius 3 is 2.50 bits per heavy atom. The van der Waals surface area contributed by atoms with Crippen LogP contribution in [-0.2, 0) is 7.90 Å². The van der Waals surface area contributed by atoms with Gasteiger partial charge in [0, 0.05) is 0 Å². The molecule has 0 atom stereocenters. The maximum atomic E-state index is 9.97. The van der Waals surface area contributed by atoms with E-state index < -0.39 is 0 Å². The van der Waals surface area contributed by atoms with Crippen molar-refractivity contribution in [2.75, 3.05) is 0 Å². The van der Waals surface area contributed by atoms with Crippen molar-refractivity contribution in [3.63, 3.8) is 0 Å². The quantitative estimate of drug-likeness (QED) is 0.548. The fraction of sp³-hybridized carbons (Fsp3) is 0.667. The molecule has 0 fully saturated rings. The Balaban J connectivity index is 2.99. The third-order valence-corrected chi connectivity index (χ3v) is 0.972. The molecule has 0 saturated heterocycles. The van der Waals surface area contributed by atoms with E-state index in [9.17, 15) is 4.79 Å². The molecule has 6 heavy (non-hydrogen) atoms. The summed E-state index contributed by atoms with van der Waals surface area (Å²) in [6, 6.07) is 0. The Labute approximate surface area is 50.3 Å². The summed E-state index contributed by atoms with van der Waals surface area (Å²) in [6.07, 6.45) is 0.481. The summed E-state index contributed by atoms with van der Waals surface area (Å²) in [6.45, 7) is 1.76. The zero-order valence-corrected chi connectivity index (χ0v) is 6.02. The third kappa shape index (κ3) is 2.49. The van der Waals surface area contributed by atoms with Crippen molar-refractivity contribution < 1.29 is 7.90 Å². The van der Waals surface area contributed by atoms with Crippen LogP contribution >= 0.6 is 0 Å². The zero-order chi connectivity index (χ0) is 4.99. The van der Waals surface area contributed by atoms with Gasteiger partial charge in [-0.15, -0.1) is 0 Å². The fourth-order valence-corrected chi connectivity index (χ4v) is 0.433. The number of carbonyl (C=O) groups is 1. The topological polar surface area (TPSA) is 26.3 Å². The van der Waals surface area contributed by atoms with Crippen molar-refractivity contribution in [3.8, 4) is 0 Å². The first kappa shape index (κ1) is 6.26. The monoisotopic (exact) mass is 204 g/mol. The summed E-state index contributed by atoms with van der Waals surface area (Å²) in [5.41, 5.74) is 0. The predicted molar refractivity (Wildman–Crippen MR) is 23.5 cm³/mol. The van der Waals surface area contributed by atoms with Gasteiger partial charge < -0.3 is 0 Å². The van der Waals surface area contributed by atoms with E-state index in [1.54, 1.807) is 6.92 Å². The molecule has 0 aliphatic heterocycles. The summed E-state index contributed by atoms with van der Waals surface area (Å²) >= 11 is 1.08. The van der Waals surface area contributed by atoms with Gasteiger partial charge in [-0.3, -0.25) is 0 Å². The normalized spacial score (nSPS) is 7.67. The molecule has 0 aliphatic rings. The first-order valence-corrected chi connectivity index (χ1v) is 2.69. The van der Waals surface area contributed by atoms with Crippen molar-refractivity contribution in [2.24, 2.45) is 0 Å². The number of hydrogen-bond donors (Lipinski definition) is 0. The molecule has 0 saturated carbocycles. The zero-order valence-electron chi connectivity index (χ0n) is 3.47. The van der Waals surface area contributed by atoms with Crippen molar-refractivity contribution >= 4 is 28.7 Å². The summed E-state index contributed by atoms with van der Waals surface area (Å²) in [4.78, 5) is 9.97. The predicted octanol–water partition coefficient (Wildman–Crippen LogP) is -0.245. The first-order valence-electron chi connectivity index (χ1n) is 1.65. The van der Waals surface area contributed by atoms with E-state index in [4.69, 9.17) is 0 Å². The second-order valence-corrected chi connectivity index (χ2v) is 1.34. The van der Waals surface area contributed by atoms with Crippen LogP contribution in [0.25, 0.3) is 0 Å². The Morgan fingerprint density at radius 1 is 2.00 bits per heavy atom. The standard InChI is InChI=1S/C3H6O2Te/c1-2-3(4)5-6/h6H,2H2,1H3. The summed E-state index contributed by atoms with van der Waals surface area (Å²) in [5.74, 6) is -0.135. The molecular weight excluding hydrogens is 196 g/mol. The average molecular weight is 202 g/mol. The number of carbonyl (C=O) groups excluding carboxylic acids is 1. The van der Waals surface area contributed by atoms with E-state index >= 15 is 0 Å². The molecule has 0 radical (unpaired) electrons. The Bertz CT molecular complexity index is 46.8. The summed E-state index contributed by atoms with van der Waals surface area (Å²) < 4.78 is 4.31. The second-order valence-electron chi connectivity index (χ2n) is 0.817. The Morgan fingerprint density at radius 2 is 2.50 bits per heavy atom. The van der Waals surface area contributed by atoms with Crippen molar-refractivity contribution in [1.82, 2.24) is 0 Å². The molecule has 0 aromatic heterocycles. The SMILES string of the molecule is CCC(=O)O[TeH]. The summed E-state index contributed by atoms with van der Waals surface area (Å²) in [5, 5.41) is 0. The molecule has 0 spiro atoms. The molecule has 0 aromatic carbocycles.